The molecule has 9 heteroatoms. The van der Waals surface area contributed by atoms with E-state index < -0.39 is 0 Å². The van der Waals surface area contributed by atoms with Crippen LogP contribution in [0.5, 0.6) is 17.2 Å². The molecule has 3 rings (SSSR count). The molecule has 0 atom stereocenters. The fraction of sp³-hybridized carbons (Fsp3) is 0.261. The summed E-state index contributed by atoms with van der Waals surface area (Å²) in [5.41, 5.74) is 3.79. The zero-order chi connectivity index (χ0) is 23.3. The number of rotatable bonds is 8. The van der Waals surface area contributed by atoms with Crippen LogP contribution >= 0.6 is 11.3 Å². The van der Waals surface area contributed by atoms with E-state index in [-0.39, 0.29) is 18.2 Å². The number of aryl methyl sites for hydroxylation is 2. The zero-order valence-corrected chi connectivity index (χ0v) is 19.4. The van der Waals surface area contributed by atoms with E-state index in [9.17, 15) is 9.59 Å². The molecule has 32 heavy (non-hydrogen) atoms. The number of amides is 2. The van der Waals surface area contributed by atoms with Crippen LogP contribution in [0.3, 0.4) is 0 Å². The number of methoxy groups -OCH3 is 3. The van der Waals surface area contributed by atoms with Gasteiger partial charge < -0.3 is 19.5 Å². The Morgan fingerprint density at radius 3 is 2.25 bits per heavy atom. The van der Waals surface area contributed by atoms with E-state index in [1.165, 1.54) is 32.7 Å². The smallest absolute Gasteiger partial charge is 0.257 e. The number of aromatic nitrogens is 1. The third-order valence-corrected chi connectivity index (χ3v) is 5.50. The molecule has 2 amide bonds. The maximum Gasteiger partial charge on any atom is 0.257 e. The number of nitrogens with zero attached hydrogens (tertiary/aromatic N) is 1. The van der Waals surface area contributed by atoms with Gasteiger partial charge in [-0.15, -0.1) is 11.3 Å². The van der Waals surface area contributed by atoms with Crippen LogP contribution in [0.4, 0.5) is 10.8 Å². The van der Waals surface area contributed by atoms with Crippen LogP contribution in [0.2, 0.25) is 0 Å². The van der Waals surface area contributed by atoms with E-state index in [2.05, 4.69) is 15.6 Å². The number of ether oxygens (including phenoxy) is 3. The third kappa shape index (κ3) is 5.36. The minimum Gasteiger partial charge on any atom is -0.493 e. The van der Waals surface area contributed by atoms with Crippen molar-refractivity contribution in [3.05, 3.63) is 58.1 Å². The highest BCUT2D eigenvalue weighted by molar-refractivity contribution is 7.14. The first-order valence-electron chi connectivity index (χ1n) is 9.77. The minimum absolute atomic E-state index is 0.101. The molecule has 0 aliphatic carbocycles. The summed E-state index contributed by atoms with van der Waals surface area (Å²) < 4.78 is 15.9. The highest BCUT2D eigenvalue weighted by atomic mass is 32.1. The van der Waals surface area contributed by atoms with E-state index in [0.717, 1.165) is 16.8 Å². The van der Waals surface area contributed by atoms with Crippen LogP contribution in [-0.2, 0) is 11.2 Å². The number of carbonyl (C=O) groups excluding carboxylic acids is 2. The van der Waals surface area contributed by atoms with Gasteiger partial charge in [-0.05, 0) is 37.6 Å². The highest BCUT2D eigenvalue weighted by Gasteiger charge is 2.18. The molecule has 2 N–H and O–H groups in total. The summed E-state index contributed by atoms with van der Waals surface area (Å²) in [5, 5.41) is 7.77. The zero-order valence-electron chi connectivity index (χ0n) is 18.6. The average molecular weight is 456 g/mol. The lowest BCUT2D eigenvalue weighted by molar-refractivity contribution is -0.115. The van der Waals surface area contributed by atoms with Gasteiger partial charge in [0.15, 0.2) is 16.6 Å². The lowest BCUT2D eigenvalue weighted by Crippen LogP contribution is -2.16. The van der Waals surface area contributed by atoms with Crippen molar-refractivity contribution in [2.24, 2.45) is 0 Å². The Labute approximate surface area is 190 Å². The number of nitrogens with one attached hydrogen (secondary N) is 2. The SMILES string of the molecule is COc1cc(C(=O)Nc2nc(CC(=O)Nc3ccc(C)cc3C)cs2)cc(OC)c1OC. The Hall–Kier alpha value is -3.59. The summed E-state index contributed by atoms with van der Waals surface area (Å²) in [7, 11) is 4.46. The molecule has 0 saturated carbocycles. The van der Waals surface area contributed by atoms with Gasteiger partial charge in [0.1, 0.15) is 0 Å². The molecule has 0 fully saturated rings. The molecule has 0 radical (unpaired) electrons. The van der Waals surface area contributed by atoms with Gasteiger partial charge in [-0.2, -0.15) is 0 Å². The molecule has 0 aliphatic heterocycles. The Bertz CT molecular complexity index is 1120. The Kier molecular flexibility index (Phi) is 7.32. The second kappa shape index (κ2) is 10.1. The number of anilines is 2. The predicted octanol–water partition coefficient (Wildman–Crippen LogP) is 4.22. The van der Waals surface area contributed by atoms with Gasteiger partial charge in [0.2, 0.25) is 11.7 Å². The number of hydrogen-bond acceptors (Lipinski definition) is 7. The van der Waals surface area contributed by atoms with Crippen LogP contribution < -0.4 is 24.8 Å². The Morgan fingerprint density at radius 1 is 0.969 bits per heavy atom. The summed E-state index contributed by atoms with van der Waals surface area (Å²) in [6.07, 6.45) is 0.101. The second-order valence-electron chi connectivity index (χ2n) is 7.06. The van der Waals surface area contributed by atoms with E-state index in [1.54, 1.807) is 17.5 Å². The van der Waals surface area contributed by atoms with Crippen LogP contribution in [0.15, 0.2) is 35.7 Å². The molecule has 8 nitrogen and oxygen atoms in total. The van der Waals surface area contributed by atoms with Crippen LogP contribution in [-0.4, -0.2) is 38.1 Å². The molecule has 0 unspecified atom stereocenters. The van der Waals surface area contributed by atoms with Crippen molar-refractivity contribution in [3.8, 4) is 17.2 Å². The van der Waals surface area contributed by atoms with E-state index in [4.69, 9.17) is 14.2 Å². The van der Waals surface area contributed by atoms with Gasteiger partial charge in [0.05, 0.1) is 33.4 Å². The van der Waals surface area contributed by atoms with E-state index in [0.29, 0.717) is 33.6 Å². The number of benzene rings is 2. The third-order valence-electron chi connectivity index (χ3n) is 4.70. The van der Waals surface area contributed by atoms with Crippen LogP contribution in [0.25, 0.3) is 0 Å². The van der Waals surface area contributed by atoms with Crippen molar-refractivity contribution < 1.29 is 23.8 Å². The molecule has 1 heterocycles. The Balaban J connectivity index is 1.67. The molecular weight excluding hydrogens is 430 g/mol. The molecular formula is C23H25N3O5S. The number of hydrogen-bond donors (Lipinski definition) is 2. The van der Waals surface area contributed by atoms with Crippen LogP contribution in [0.1, 0.15) is 27.2 Å². The first kappa shape index (κ1) is 23.1. The lowest BCUT2D eigenvalue weighted by Gasteiger charge is -2.13. The number of thiazole rings is 1. The van der Waals surface area contributed by atoms with Crippen molar-refractivity contribution in [3.63, 3.8) is 0 Å². The number of carbonyl (C=O) groups is 2. The molecule has 0 bridgehead atoms. The largest absolute Gasteiger partial charge is 0.493 e. The second-order valence-corrected chi connectivity index (χ2v) is 7.91. The fourth-order valence-electron chi connectivity index (χ4n) is 3.14. The summed E-state index contributed by atoms with van der Waals surface area (Å²) in [6.45, 7) is 3.95. The predicted molar refractivity (Wildman–Crippen MR) is 124 cm³/mol. The monoisotopic (exact) mass is 455 g/mol. The molecule has 3 aromatic rings. The quantitative estimate of drug-likeness (QED) is 0.528. The van der Waals surface area contributed by atoms with Gasteiger partial charge in [-0.1, -0.05) is 17.7 Å². The summed E-state index contributed by atoms with van der Waals surface area (Å²) >= 11 is 1.24. The fourth-order valence-corrected chi connectivity index (χ4v) is 3.85. The minimum atomic E-state index is -0.384. The molecule has 1 aromatic heterocycles. The lowest BCUT2D eigenvalue weighted by atomic mass is 10.1. The van der Waals surface area contributed by atoms with Gasteiger partial charge in [0, 0.05) is 16.6 Å². The van der Waals surface area contributed by atoms with Crippen molar-refractivity contribution in [2.45, 2.75) is 20.3 Å². The van der Waals surface area contributed by atoms with Crippen molar-refractivity contribution in [1.82, 2.24) is 4.98 Å². The first-order valence-corrected chi connectivity index (χ1v) is 10.7. The average Bonchev–Trinajstić information content (AvgIpc) is 3.20. The standard InChI is InChI=1S/C23H25N3O5S/c1-13-6-7-17(14(2)8-13)25-20(27)11-16-12-32-23(24-16)26-22(28)15-9-18(29-3)21(31-5)19(10-15)30-4/h6-10,12H,11H2,1-5H3,(H,25,27)(H,24,26,28). The van der Waals surface area contributed by atoms with Crippen LogP contribution in [0, 0.1) is 13.8 Å². The molecule has 2 aromatic carbocycles. The highest BCUT2D eigenvalue weighted by Crippen LogP contribution is 2.38. The van der Waals surface area contributed by atoms with Crippen molar-refractivity contribution in [2.75, 3.05) is 32.0 Å². The van der Waals surface area contributed by atoms with Gasteiger partial charge in [0.25, 0.3) is 5.91 Å². The molecule has 0 aliphatic rings. The molecule has 168 valence electrons. The maximum absolute atomic E-state index is 12.7. The summed E-state index contributed by atoms with van der Waals surface area (Å²) in [6, 6.07) is 8.95. The summed E-state index contributed by atoms with van der Waals surface area (Å²) in [4.78, 5) is 29.5. The topological polar surface area (TPSA) is 98.8 Å². The first-order chi connectivity index (χ1) is 15.3. The maximum atomic E-state index is 12.7. The van der Waals surface area contributed by atoms with Gasteiger partial charge in [-0.3, -0.25) is 14.9 Å². The van der Waals surface area contributed by atoms with Crippen molar-refractivity contribution >= 4 is 34.0 Å². The van der Waals surface area contributed by atoms with E-state index in [1.807, 2.05) is 32.0 Å². The van der Waals surface area contributed by atoms with Gasteiger partial charge >= 0.3 is 0 Å². The normalized spacial score (nSPS) is 10.4. The Morgan fingerprint density at radius 2 is 1.66 bits per heavy atom. The van der Waals surface area contributed by atoms with Crippen molar-refractivity contribution in [1.29, 1.82) is 0 Å². The molecule has 0 saturated heterocycles. The van der Waals surface area contributed by atoms with Gasteiger partial charge in [-0.25, -0.2) is 4.98 Å². The molecule has 0 spiro atoms. The van der Waals surface area contributed by atoms with E-state index >= 15 is 0 Å². The summed E-state index contributed by atoms with van der Waals surface area (Å²) in [5.74, 6) is 0.590.